The van der Waals surface area contributed by atoms with E-state index in [2.05, 4.69) is 24.4 Å². The van der Waals surface area contributed by atoms with Crippen LogP contribution in [0.1, 0.15) is 28.4 Å². The summed E-state index contributed by atoms with van der Waals surface area (Å²) in [6.07, 6.45) is 4.14. The minimum absolute atomic E-state index is 0.113. The summed E-state index contributed by atoms with van der Waals surface area (Å²) >= 11 is 12.1. The Morgan fingerprint density at radius 1 is 1.03 bits per heavy atom. The highest BCUT2D eigenvalue weighted by Crippen LogP contribution is 2.23. The second-order valence-electron chi connectivity index (χ2n) is 6.44. The van der Waals surface area contributed by atoms with Crippen LogP contribution in [0.15, 0.2) is 79.0 Å². The number of aryl methyl sites for hydroxylation is 1. The number of rotatable bonds is 8. The predicted molar refractivity (Wildman–Crippen MR) is 120 cm³/mol. The van der Waals surface area contributed by atoms with E-state index < -0.39 is 0 Å². The molecular formula is C24H21Cl2NO2. The Morgan fingerprint density at radius 2 is 1.83 bits per heavy atom. The lowest BCUT2D eigenvalue weighted by atomic mass is 10.1. The Kier molecular flexibility index (Phi) is 7.34. The molecule has 0 aliphatic heterocycles. The summed E-state index contributed by atoms with van der Waals surface area (Å²) in [6, 6.07) is 20.4. The zero-order valence-electron chi connectivity index (χ0n) is 16.0. The van der Waals surface area contributed by atoms with Gasteiger partial charge in [-0.1, -0.05) is 60.5 Å². The average molecular weight is 426 g/mol. The molecule has 148 valence electrons. The van der Waals surface area contributed by atoms with E-state index in [-0.39, 0.29) is 5.78 Å². The number of benzene rings is 3. The molecule has 5 heteroatoms. The van der Waals surface area contributed by atoms with Crippen molar-refractivity contribution in [3.05, 3.63) is 106 Å². The third-order valence-corrected chi connectivity index (χ3v) is 4.96. The van der Waals surface area contributed by atoms with Crippen molar-refractivity contribution in [2.45, 2.75) is 20.0 Å². The molecule has 3 rings (SSSR count). The molecule has 0 bridgehead atoms. The normalized spacial score (nSPS) is 10.9. The van der Waals surface area contributed by atoms with E-state index in [1.807, 2.05) is 18.2 Å². The Morgan fingerprint density at radius 3 is 2.55 bits per heavy atom. The van der Waals surface area contributed by atoms with Crippen LogP contribution in [0.25, 0.3) is 0 Å². The van der Waals surface area contributed by atoms with Crippen LogP contribution >= 0.6 is 23.2 Å². The van der Waals surface area contributed by atoms with Crippen molar-refractivity contribution < 1.29 is 9.53 Å². The van der Waals surface area contributed by atoms with Crippen LogP contribution in [0.2, 0.25) is 10.0 Å². The predicted octanol–water partition coefficient (Wildman–Crippen LogP) is 6.94. The second-order valence-corrected chi connectivity index (χ2v) is 7.29. The summed E-state index contributed by atoms with van der Waals surface area (Å²) in [5.74, 6) is 0.482. The molecule has 0 aliphatic carbocycles. The van der Waals surface area contributed by atoms with Gasteiger partial charge in [-0.2, -0.15) is 0 Å². The molecule has 3 aromatic carbocycles. The number of anilines is 1. The van der Waals surface area contributed by atoms with Gasteiger partial charge in [-0.25, -0.2) is 0 Å². The molecule has 0 saturated carbocycles. The maximum Gasteiger partial charge on any atom is 0.187 e. The molecule has 0 atom stereocenters. The Balaban J connectivity index is 1.59. The SMILES string of the molecule is CCc1ccc(NC=CC(=O)c2cccc(OCc3ccc(Cl)cc3Cl)c2)cc1. The van der Waals surface area contributed by atoms with Crippen molar-refractivity contribution in [3.8, 4) is 5.75 Å². The Bertz CT molecular complexity index is 1010. The first kappa shape index (κ1) is 21.0. The molecule has 3 nitrogen and oxygen atoms in total. The summed E-state index contributed by atoms with van der Waals surface area (Å²) in [6.45, 7) is 2.40. The van der Waals surface area contributed by atoms with Gasteiger partial charge >= 0.3 is 0 Å². The zero-order chi connectivity index (χ0) is 20.6. The molecule has 1 N–H and O–H groups in total. The quantitative estimate of drug-likeness (QED) is 0.313. The maximum absolute atomic E-state index is 12.4. The minimum atomic E-state index is -0.113. The van der Waals surface area contributed by atoms with Gasteiger partial charge in [-0.05, 0) is 48.4 Å². The van der Waals surface area contributed by atoms with Crippen LogP contribution in [0.4, 0.5) is 5.69 Å². The van der Waals surface area contributed by atoms with E-state index in [0.29, 0.717) is 28.0 Å². The van der Waals surface area contributed by atoms with Crippen molar-refractivity contribution in [2.75, 3.05) is 5.32 Å². The van der Waals surface area contributed by atoms with Gasteiger partial charge in [0.2, 0.25) is 0 Å². The first-order valence-corrected chi connectivity index (χ1v) is 10.0. The molecule has 0 fully saturated rings. The number of ketones is 1. The lowest BCUT2D eigenvalue weighted by Crippen LogP contribution is -1.99. The highest BCUT2D eigenvalue weighted by atomic mass is 35.5. The van der Waals surface area contributed by atoms with Gasteiger partial charge in [0.15, 0.2) is 5.78 Å². The largest absolute Gasteiger partial charge is 0.489 e. The first-order chi connectivity index (χ1) is 14.0. The molecule has 0 spiro atoms. The molecule has 29 heavy (non-hydrogen) atoms. The van der Waals surface area contributed by atoms with E-state index in [9.17, 15) is 4.79 Å². The second kappa shape index (κ2) is 10.1. The van der Waals surface area contributed by atoms with Crippen LogP contribution in [0.3, 0.4) is 0 Å². The van der Waals surface area contributed by atoms with E-state index in [4.69, 9.17) is 27.9 Å². The van der Waals surface area contributed by atoms with Crippen molar-refractivity contribution in [2.24, 2.45) is 0 Å². The number of carbonyl (C=O) groups is 1. The van der Waals surface area contributed by atoms with Gasteiger partial charge in [0.1, 0.15) is 12.4 Å². The fraction of sp³-hybridized carbons (Fsp3) is 0.125. The molecule has 0 unspecified atom stereocenters. The number of carbonyl (C=O) groups excluding carboxylic acids is 1. The third-order valence-electron chi connectivity index (χ3n) is 4.37. The lowest BCUT2D eigenvalue weighted by Gasteiger charge is -2.09. The number of halogens is 2. The molecule has 0 heterocycles. The molecule has 0 amide bonds. The molecule has 0 saturated heterocycles. The molecule has 3 aromatic rings. The number of allylic oxidation sites excluding steroid dienone is 1. The number of nitrogens with one attached hydrogen (secondary N) is 1. The number of hydrogen-bond acceptors (Lipinski definition) is 3. The van der Waals surface area contributed by atoms with Gasteiger partial charge in [0.05, 0.1) is 0 Å². The van der Waals surface area contributed by atoms with Crippen molar-refractivity contribution >= 4 is 34.7 Å². The van der Waals surface area contributed by atoms with E-state index in [1.165, 1.54) is 11.6 Å². The number of hydrogen-bond donors (Lipinski definition) is 1. The maximum atomic E-state index is 12.4. The van der Waals surface area contributed by atoms with Crippen LogP contribution in [-0.4, -0.2) is 5.78 Å². The summed E-state index contributed by atoms with van der Waals surface area (Å²) in [4.78, 5) is 12.4. The van der Waals surface area contributed by atoms with E-state index >= 15 is 0 Å². The third kappa shape index (κ3) is 6.11. The summed E-state index contributed by atoms with van der Waals surface area (Å²) in [7, 11) is 0. The lowest BCUT2D eigenvalue weighted by molar-refractivity contribution is 0.104. The summed E-state index contributed by atoms with van der Waals surface area (Å²) in [5.41, 5.74) is 3.57. The fourth-order valence-corrected chi connectivity index (χ4v) is 3.15. The van der Waals surface area contributed by atoms with Crippen LogP contribution in [0.5, 0.6) is 5.75 Å². The van der Waals surface area contributed by atoms with E-state index in [1.54, 1.807) is 42.6 Å². The summed E-state index contributed by atoms with van der Waals surface area (Å²) < 4.78 is 5.78. The zero-order valence-corrected chi connectivity index (χ0v) is 17.5. The van der Waals surface area contributed by atoms with Crippen LogP contribution in [0, 0.1) is 0 Å². The molecule has 0 aromatic heterocycles. The first-order valence-electron chi connectivity index (χ1n) is 9.28. The van der Waals surface area contributed by atoms with Gasteiger partial charge < -0.3 is 10.1 Å². The highest BCUT2D eigenvalue weighted by Gasteiger charge is 2.06. The van der Waals surface area contributed by atoms with E-state index in [0.717, 1.165) is 17.7 Å². The van der Waals surface area contributed by atoms with Crippen molar-refractivity contribution in [1.29, 1.82) is 0 Å². The fourth-order valence-electron chi connectivity index (χ4n) is 2.69. The minimum Gasteiger partial charge on any atom is -0.489 e. The Labute approximate surface area is 180 Å². The molecular weight excluding hydrogens is 405 g/mol. The van der Waals surface area contributed by atoms with Crippen molar-refractivity contribution in [1.82, 2.24) is 0 Å². The van der Waals surface area contributed by atoms with Crippen molar-refractivity contribution in [3.63, 3.8) is 0 Å². The molecule has 0 aliphatic rings. The topological polar surface area (TPSA) is 38.3 Å². The van der Waals surface area contributed by atoms with Gasteiger partial charge in [0, 0.05) is 39.1 Å². The van der Waals surface area contributed by atoms with Crippen LogP contribution < -0.4 is 10.1 Å². The summed E-state index contributed by atoms with van der Waals surface area (Å²) in [5, 5.41) is 4.23. The van der Waals surface area contributed by atoms with Crippen LogP contribution in [-0.2, 0) is 13.0 Å². The standard InChI is InChI=1S/C24H21Cl2NO2/c1-2-17-6-10-21(11-7-17)27-13-12-24(28)18-4-3-5-22(14-18)29-16-19-8-9-20(25)15-23(19)26/h3-15,27H,2,16H2,1H3. The van der Waals surface area contributed by atoms with Gasteiger partial charge in [-0.15, -0.1) is 0 Å². The average Bonchev–Trinajstić information content (AvgIpc) is 2.74. The van der Waals surface area contributed by atoms with Gasteiger partial charge in [0.25, 0.3) is 0 Å². The monoisotopic (exact) mass is 425 g/mol. The highest BCUT2D eigenvalue weighted by molar-refractivity contribution is 6.35. The smallest absolute Gasteiger partial charge is 0.187 e. The Hall–Kier alpha value is -2.75. The number of ether oxygens (including phenoxy) is 1. The van der Waals surface area contributed by atoms with Gasteiger partial charge in [-0.3, -0.25) is 4.79 Å². The molecule has 0 radical (unpaired) electrons.